The summed E-state index contributed by atoms with van der Waals surface area (Å²) in [5.41, 5.74) is 7.21. The van der Waals surface area contributed by atoms with Crippen molar-refractivity contribution in [3.8, 4) is 11.3 Å². The van der Waals surface area contributed by atoms with Gasteiger partial charge >= 0.3 is 6.09 Å². The highest BCUT2D eigenvalue weighted by atomic mass is 16.5. The molecule has 2 heterocycles. The predicted octanol–water partition coefficient (Wildman–Crippen LogP) is 2.33. The number of nitrogens with zero attached hydrogens (tertiary/aromatic N) is 3. The molecule has 1 aromatic carbocycles. The Morgan fingerprint density at radius 3 is 2.59 bits per heavy atom. The average molecular weight is 400 g/mol. The van der Waals surface area contributed by atoms with Gasteiger partial charge in [0.05, 0.1) is 11.9 Å². The number of aromatic nitrogens is 4. The zero-order valence-electron chi connectivity index (χ0n) is 16.1. The molecule has 1 aliphatic rings. The minimum Gasteiger partial charge on any atom is -0.443 e. The first-order valence-corrected chi connectivity index (χ1v) is 9.03. The molecule has 0 bridgehead atoms. The highest BCUT2D eigenvalue weighted by molar-refractivity contribution is 5.64. The second kappa shape index (κ2) is 11.9. The van der Waals surface area contributed by atoms with E-state index in [4.69, 9.17) is 4.52 Å². The molecule has 0 aliphatic heterocycles. The van der Waals surface area contributed by atoms with E-state index in [1.54, 1.807) is 0 Å². The molecular weight excluding hydrogens is 376 g/mol. The number of aromatic amines is 1. The number of rotatable bonds is 5. The number of nitrogens with one attached hydrogen (secondary N) is 2. The van der Waals surface area contributed by atoms with Crippen molar-refractivity contribution in [2.45, 2.75) is 38.8 Å². The molecule has 3 aromatic rings. The van der Waals surface area contributed by atoms with Crippen LogP contribution in [0.3, 0.4) is 0 Å². The fraction of sp³-hybridized carbons (Fsp3) is 0.316. The van der Waals surface area contributed by atoms with Crippen molar-refractivity contribution >= 4 is 12.5 Å². The van der Waals surface area contributed by atoms with E-state index in [0.29, 0.717) is 11.7 Å². The largest absolute Gasteiger partial charge is 0.443 e. The molecule has 10 heteroatoms. The highest BCUT2D eigenvalue weighted by Crippen LogP contribution is 2.18. The predicted molar refractivity (Wildman–Crippen MR) is 104 cm³/mol. The van der Waals surface area contributed by atoms with Gasteiger partial charge in [-0.1, -0.05) is 35.5 Å². The first-order valence-electron chi connectivity index (χ1n) is 9.03. The topological polar surface area (TPSA) is 149 Å². The minimum atomic E-state index is -0.817. The lowest BCUT2D eigenvalue weighted by molar-refractivity contribution is -0.110. The number of ether oxygens (including phenoxy) is 1. The van der Waals surface area contributed by atoms with Crippen molar-refractivity contribution in [3.63, 3.8) is 0 Å². The van der Waals surface area contributed by atoms with Crippen LogP contribution in [-0.4, -0.2) is 39.1 Å². The fourth-order valence-corrected chi connectivity index (χ4v) is 2.21. The number of nitrogens with two attached hydrogens (primary N) is 1. The molecule has 2 aromatic heterocycles. The van der Waals surface area contributed by atoms with Crippen LogP contribution in [0.25, 0.3) is 11.3 Å². The Balaban J connectivity index is 0.000000161. The van der Waals surface area contributed by atoms with Gasteiger partial charge in [-0.3, -0.25) is 4.79 Å². The Morgan fingerprint density at radius 1 is 1.38 bits per heavy atom. The van der Waals surface area contributed by atoms with Gasteiger partial charge in [-0.05, 0) is 26.2 Å². The van der Waals surface area contributed by atoms with Gasteiger partial charge in [0, 0.05) is 17.7 Å². The second-order valence-corrected chi connectivity index (χ2v) is 6.18. The molecule has 1 aliphatic carbocycles. The Labute approximate surface area is 167 Å². The number of hydrogen-bond donors (Lipinski definition) is 3. The van der Waals surface area contributed by atoms with Crippen LogP contribution in [0.5, 0.6) is 0 Å². The van der Waals surface area contributed by atoms with Crippen molar-refractivity contribution in [2.75, 3.05) is 0 Å². The summed E-state index contributed by atoms with van der Waals surface area (Å²) in [6.45, 7) is 1.97. The van der Waals surface area contributed by atoms with Gasteiger partial charge in [0.25, 0.3) is 0 Å². The molecule has 4 N–H and O–H groups in total. The summed E-state index contributed by atoms with van der Waals surface area (Å²) in [6.07, 6.45) is 5.05. The highest BCUT2D eigenvalue weighted by Gasteiger charge is 2.14. The van der Waals surface area contributed by atoms with Crippen molar-refractivity contribution in [2.24, 2.45) is 5.73 Å². The molecule has 0 saturated heterocycles. The molecule has 29 heavy (non-hydrogen) atoms. The van der Waals surface area contributed by atoms with Crippen LogP contribution >= 0.6 is 0 Å². The van der Waals surface area contributed by atoms with Crippen LogP contribution in [0.4, 0.5) is 4.79 Å². The summed E-state index contributed by atoms with van der Waals surface area (Å²) in [7, 11) is 0. The smallest absolute Gasteiger partial charge is 0.404 e. The second-order valence-electron chi connectivity index (χ2n) is 6.18. The van der Waals surface area contributed by atoms with Gasteiger partial charge in [0.15, 0.2) is 5.76 Å². The molecule has 0 atom stereocenters. The molecule has 0 spiro atoms. The number of carbonyl (C=O) groups is 2. The lowest BCUT2D eigenvalue weighted by atomic mass is 9.94. The number of primary amides is 1. The SMILES string of the molecule is Cc1cc(-c2ccccc2)on1.NC(=O)OCc1cn[nH]n1.O=CNC1CCC1. The Kier molecular flexibility index (Phi) is 8.87. The number of amides is 2. The maximum absolute atomic E-state index is 10.0. The summed E-state index contributed by atoms with van der Waals surface area (Å²) >= 11 is 0. The number of hydrogen-bond acceptors (Lipinski definition) is 7. The molecule has 1 fully saturated rings. The van der Waals surface area contributed by atoms with Gasteiger partial charge in [0.2, 0.25) is 6.41 Å². The van der Waals surface area contributed by atoms with Crippen molar-refractivity contribution in [1.82, 2.24) is 25.9 Å². The third-order valence-electron chi connectivity index (χ3n) is 3.92. The van der Waals surface area contributed by atoms with E-state index in [0.717, 1.165) is 23.4 Å². The Bertz CT molecular complexity index is 847. The van der Waals surface area contributed by atoms with Gasteiger partial charge in [-0.15, -0.1) is 0 Å². The van der Waals surface area contributed by atoms with E-state index in [9.17, 15) is 9.59 Å². The zero-order valence-corrected chi connectivity index (χ0v) is 16.1. The lowest BCUT2D eigenvalue weighted by Gasteiger charge is -2.23. The molecular formula is C19H24N6O4. The van der Waals surface area contributed by atoms with Crippen LogP contribution in [0, 0.1) is 6.92 Å². The lowest BCUT2D eigenvalue weighted by Crippen LogP contribution is -2.33. The van der Waals surface area contributed by atoms with Crippen LogP contribution in [-0.2, 0) is 16.1 Å². The molecule has 1 saturated carbocycles. The molecule has 4 rings (SSSR count). The van der Waals surface area contributed by atoms with E-state index in [1.807, 2.05) is 43.3 Å². The third kappa shape index (κ3) is 8.24. The van der Waals surface area contributed by atoms with Crippen LogP contribution < -0.4 is 11.1 Å². The number of H-pyrrole nitrogens is 1. The third-order valence-corrected chi connectivity index (χ3v) is 3.92. The van der Waals surface area contributed by atoms with E-state index in [1.165, 1.54) is 25.5 Å². The summed E-state index contributed by atoms with van der Waals surface area (Å²) in [5, 5.41) is 16.0. The van der Waals surface area contributed by atoms with Crippen molar-refractivity contribution < 1.29 is 18.8 Å². The van der Waals surface area contributed by atoms with Crippen LogP contribution in [0.15, 0.2) is 47.1 Å². The van der Waals surface area contributed by atoms with Crippen molar-refractivity contribution in [3.05, 3.63) is 54.0 Å². The standard InChI is InChI=1S/C10H9NO.C5H9NO.C4H6N4O2/c1-8-7-10(12-11-8)9-5-3-2-4-6-9;7-4-6-5-2-1-3-5;5-4(9)10-2-3-1-6-8-7-3/h2-7H,1H3;4-5H,1-3H2,(H,6,7);1H,2H2,(H2,5,9)(H,6,7,8). The van der Waals surface area contributed by atoms with E-state index >= 15 is 0 Å². The van der Waals surface area contributed by atoms with Crippen LogP contribution in [0.1, 0.15) is 30.7 Å². The maximum Gasteiger partial charge on any atom is 0.404 e. The first kappa shape index (κ1) is 21.6. The van der Waals surface area contributed by atoms with Gasteiger partial charge in [-0.2, -0.15) is 15.4 Å². The van der Waals surface area contributed by atoms with Gasteiger partial charge in [-0.25, -0.2) is 4.79 Å². The Hall–Kier alpha value is -3.69. The van der Waals surface area contributed by atoms with E-state index < -0.39 is 6.09 Å². The monoisotopic (exact) mass is 400 g/mol. The molecule has 0 unspecified atom stereocenters. The fourth-order valence-electron chi connectivity index (χ4n) is 2.21. The summed E-state index contributed by atoms with van der Waals surface area (Å²) in [6, 6.07) is 12.4. The first-order chi connectivity index (χ1) is 14.1. The summed E-state index contributed by atoms with van der Waals surface area (Å²) in [4.78, 5) is 19.7. The molecule has 10 nitrogen and oxygen atoms in total. The molecule has 0 radical (unpaired) electrons. The van der Waals surface area contributed by atoms with E-state index in [-0.39, 0.29) is 6.61 Å². The van der Waals surface area contributed by atoms with Gasteiger partial charge in [0.1, 0.15) is 12.3 Å². The molecule has 2 amide bonds. The van der Waals surface area contributed by atoms with E-state index in [2.05, 4.69) is 36.4 Å². The number of benzene rings is 1. The molecule has 154 valence electrons. The average Bonchev–Trinajstić information content (AvgIpc) is 3.36. The summed E-state index contributed by atoms with van der Waals surface area (Å²) < 4.78 is 9.50. The number of aryl methyl sites for hydroxylation is 1. The normalized spacial score (nSPS) is 12.3. The number of carbonyl (C=O) groups excluding carboxylic acids is 2. The zero-order chi connectivity index (χ0) is 20.9. The maximum atomic E-state index is 10.0. The van der Waals surface area contributed by atoms with Crippen LogP contribution in [0.2, 0.25) is 0 Å². The van der Waals surface area contributed by atoms with Crippen molar-refractivity contribution in [1.29, 1.82) is 0 Å². The quantitative estimate of drug-likeness (QED) is 0.556. The van der Waals surface area contributed by atoms with Gasteiger partial charge < -0.3 is 20.3 Å². The Morgan fingerprint density at radius 2 is 2.14 bits per heavy atom. The minimum absolute atomic E-state index is 0.0613. The summed E-state index contributed by atoms with van der Waals surface area (Å²) in [5.74, 6) is 0.827.